The molecule has 2 nitrogen and oxygen atoms in total. The van der Waals surface area contributed by atoms with Gasteiger partial charge in [-0.1, -0.05) is 13.8 Å². The van der Waals surface area contributed by atoms with Crippen LogP contribution >= 0.6 is 11.6 Å². The fraction of sp³-hybridized carbons (Fsp3) is 0.938. The molecule has 1 unspecified atom stereocenters. The Hall–Kier alpha value is -0.240. The molecule has 4 rings (SSSR count). The normalized spacial score (nSPS) is 41.6. The van der Waals surface area contributed by atoms with Crippen molar-refractivity contribution in [2.24, 2.45) is 29.1 Å². The van der Waals surface area contributed by atoms with Gasteiger partial charge in [0.05, 0.1) is 5.38 Å². The third-order valence-corrected chi connectivity index (χ3v) is 6.36. The summed E-state index contributed by atoms with van der Waals surface area (Å²) in [7, 11) is 0. The van der Waals surface area contributed by atoms with E-state index in [9.17, 15) is 4.79 Å². The van der Waals surface area contributed by atoms with Crippen LogP contribution in [0.25, 0.3) is 0 Å². The lowest BCUT2D eigenvalue weighted by atomic mass is 9.49. The smallest absolute Gasteiger partial charge is 0.226 e. The highest BCUT2D eigenvalue weighted by molar-refractivity contribution is 6.21. The number of hydrogen-bond donors (Lipinski definition) is 1. The lowest BCUT2D eigenvalue weighted by molar-refractivity contribution is -0.146. The fourth-order valence-corrected chi connectivity index (χ4v) is 5.08. The van der Waals surface area contributed by atoms with Crippen LogP contribution in [0.1, 0.15) is 52.4 Å². The first-order valence-electron chi connectivity index (χ1n) is 7.91. The van der Waals surface area contributed by atoms with E-state index >= 15 is 0 Å². The highest BCUT2D eigenvalue weighted by atomic mass is 35.5. The number of carbonyl (C=O) groups is 1. The molecule has 0 aromatic carbocycles. The van der Waals surface area contributed by atoms with Crippen molar-refractivity contribution < 1.29 is 4.79 Å². The van der Waals surface area contributed by atoms with Crippen molar-refractivity contribution in [1.29, 1.82) is 0 Å². The fourth-order valence-electron chi connectivity index (χ4n) is 5.00. The summed E-state index contributed by atoms with van der Waals surface area (Å²) in [6.45, 7) is 4.84. The van der Waals surface area contributed by atoms with Crippen LogP contribution in [-0.4, -0.2) is 17.8 Å². The molecule has 4 fully saturated rings. The Morgan fingerprint density at radius 3 is 2.05 bits per heavy atom. The molecule has 0 aromatic rings. The van der Waals surface area contributed by atoms with Gasteiger partial charge in [0.2, 0.25) is 5.91 Å². The molecule has 0 heterocycles. The van der Waals surface area contributed by atoms with E-state index in [2.05, 4.69) is 19.2 Å². The van der Waals surface area contributed by atoms with Gasteiger partial charge in [-0.3, -0.25) is 4.79 Å². The zero-order valence-corrected chi connectivity index (χ0v) is 12.9. The number of halogens is 1. The topological polar surface area (TPSA) is 29.1 Å². The average molecular weight is 284 g/mol. The SMILES string of the molecule is CC(C)C(Cl)CNC(=O)C12CC3CC(CC(C3)C1)C2. The molecular formula is C16H26ClNO. The molecule has 108 valence electrons. The minimum atomic E-state index is -0.0255. The van der Waals surface area contributed by atoms with Gasteiger partial charge in [0.15, 0.2) is 0 Å². The monoisotopic (exact) mass is 283 g/mol. The molecule has 0 radical (unpaired) electrons. The van der Waals surface area contributed by atoms with Crippen molar-refractivity contribution in [3.05, 3.63) is 0 Å². The average Bonchev–Trinajstić information content (AvgIpc) is 2.33. The summed E-state index contributed by atoms with van der Waals surface area (Å²) < 4.78 is 0. The predicted octanol–water partition coefficient (Wildman–Crippen LogP) is 3.58. The van der Waals surface area contributed by atoms with Crippen LogP contribution in [0.15, 0.2) is 0 Å². The molecule has 4 aliphatic rings. The van der Waals surface area contributed by atoms with Gasteiger partial charge >= 0.3 is 0 Å². The molecule has 1 atom stereocenters. The van der Waals surface area contributed by atoms with Gasteiger partial charge in [-0.05, 0) is 62.2 Å². The predicted molar refractivity (Wildman–Crippen MR) is 78.1 cm³/mol. The maximum absolute atomic E-state index is 12.7. The Morgan fingerprint density at radius 1 is 1.16 bits per heavy atom. The van der Waals surface area contributed by atoms with Crippen LogP contribution in [0, 0.1) is 29.1 Å². The summed E-state index contributed by atoms with van der Waals surface area (Å²) in [6.07, 6.45) is 7.57. The molecule has 0 spiro atoms. The van der Waals surface area contributed by atoms with Gasteiger partial charge in [0.25, 0.3) is 0 Å². The molecule has 0 aromatic heterocycles. The summed E-state index contributed by atoms with van der Waals surface area (Å²) in [5.74, 6) is 3.20. The van der Waals surface area contributed by atoms with Crippen LogP contribution in [0.3, 0.4) is 0 Å². The Labute approximate surface area is 121 Å². The minimum absolute atomic E-state index is 0.0255. The van der Waals surface area contributed by atoms with Crippen LogP contribution in [-0.2, 0) is 4.79 Å². The molecule has 4 aliphatic carbocycles. The van der Waals surface area contributed by atoms with Gasteiger partial charge in [0.1, 0.15) is 0 Å². The number of hydrogen-bond acceptors (Lipinski definition) is 1. The Kier molecular flexibility index (Phi) is 3.57. The second-order valence-corrected chi connectivity index (χ2v) is 8.23. The van der Waals surface area contributed by atoms with Crippen LogP contribution < -0.4 is 5.32 Å². The van der Waals surface area contributed by atoms with E-state index in [1.54, 1.807) is 0 Å². The van der Waals surface area contributed by atoms with Gasteiger partial charge in [0, 0.05) is 12.0 Å². The van der Waals surface area contributed by atoms with E-state index in [0.717, 1.165) is 37.0 Å². The van der Waals surface area contributed by atoms with E-state index in [1.165, 1.54) is 19.3 Å². The minimum Gasteiger partial charge on any atom is -0.354 e. The molecule has 1 N–H and O–H groups in total. The lowest BCUT2D eigenvalue weighted by Gasteiger charge is -2.55. The highest BCUT2D eigenvalue weighted by Gasteiger charge is 2.54. The summed E-state index contributed by atoms with van der Waals surface area (Å²) in [5, 5.41) is 3.20. The first kappa shape index (κ1) is 13.7. The first-order valence-corrected chi connectivity index (χ1v) is 8.34. The zero-order valence-electron chi connectivity index (χ0n) is 12.1. The lowest BCUT2D eigenvalue weighted by Crippen LogP contribution is -2.54. The molecule has 4 saturated carbocycles. The quantitative estimate of drug-likeness (QED) is 0.785. The van der Waals surface area contributed by atoms with Crippen LogP contribution in [0.5, 0.6) is 0 Å². The first-order chi connectivity index (χ1) is 8.98. The van der Waals surface area contributed by atoms with Crippen molar-refractivity contribution in [1.82, 2.24) is 5.32 Å². The number of nitrogens with one attached hydrogen (secondary N) is 1. The molecule has 4 bridgehead atoms. The molecule has 19 heavy (non-hydrogen) atoms. The summed E-state index contributed by atoms with van der Waals surface area (Å²) in [4.78, 5) is 12.7. The summed E-state index contributed by atoms with van der Waals surface area (Å²) >= 11 is 6.25. The van der Waals surface area contributed by atoms with Crippen molar-refractivity contribution in [3.8, 4) is 0 Å². The third kappa shape index (κ3) is 2.53. The van der Waals surface area contributed by atoms with E-state index in [4.69, 9.17) is 11.6 Å². The van der Waals surface area contributed by atoms with Crippen molar-refractivity contribution in [2.75, 3.05) is 6.54 Å². The van der Waals surface area contributed by atoms with Crippen molar-refractivity contribution in [2.45, 2.75) is 57.7 Å². The Balaban J connectivity index is 1.63. The number of alkyl halides is 1. The zero-order chi connectivity index (χ0) is 13.6. The summed E-state index contributed by atoms with van der Waals surface area (Å²) in [6, 6.07) is 0. The molecule has 0 saturated heterocycles. The third-order valence-electron chi connectivity index (χ3n) is 5.70. The highest BCUT2D eigenvalue weighted by Crippen LogP contribution is 2.60. The molecule has 0 aliphatic heterocycles. The standard InChI is InChI=1S/C16H26ClNO/c1-10(2)14(17)9-18-15(19)16-6-11-3-12(7-16)5-13(4-11)8-16/h10-14H,3-9H2,1-2H3,(H,18,19). The molecular weight excluding hydrogens is 258 g/mol. The van der Waals surface area contributed by atoms with Gasteiger partial charge in [-0.25, -0.2) is 0 Å². The summed E-state index contributed by atoms with van der Waals surface area (Å²) in [5.41, 5.74) is -0.0255. The van der Waals surface area contributed by atoms with Crippen molar-refractivity contribution in [3.63, 3.8) is 0 Å². The number of amides is 1. The molecule has 1 amide bonds. The van der Waals surface area contributed by atoms with E-state index < -0.39 is 0 Å². The Bertz CT molecular complexity index is 330. The largest absolute Gasteiger partial charge is 0.354 e. The van der Waals surface area contributed by atoms with E-state index in [0.29, 0.717) is 18.4 Å². The Morgan fingerprint density at radius 2 is 1.63 bits per heavy atom. The van der Waals surface area contributed by atoms with E-state index in [1.807, 2.05) is 0 Å². The van der Waals surface area contributed by atoms with Crippen LogP contribution in [0.4, 0.5) is 0 Å². The number of carbonyl (C=O) groups excluding carboxylic acids is 1. The van der Waals surface area contributed by atoms with E-state index in [-0.39, 0.29) is 10.8 Å². The number of rotatable bonds is 4. The maximum Gasteiger partial charge on any atom is 0.226 e. The second kappa shape index (κ2) is 4.95. The van der Waals surface area contributed by atoms with Gasteiger partial charge in [-0.2, -0.15) is 0 Å². The maximum atomic E-state index is 12.7. The van der Waals surface area contributed by atoms with Crippen molar-refractivity contribution >= 4 is 17.5 Å². The van der Waals surface area contributed by atoms with Crippen LogP contribution in [0.2, 0.25) is 0 Å². The van der Waals surface area contributed by atoms with Gasteiger partial charge < -0.3 is 5.32 Å². The van der Waals surface area contributed by atoms with Gasteiger partial charge in [-0.15, -0.1) is 11.6 Å². The second-order valence-electron chi connectivity index (χ2n) is 7.67. The molecule has 3 heteroatoms.